The molecule has 0 bridgehead atoms. The van der Waals surface area contributed by atoms with Crippen LogP contribution < -0.4 is 10.5 Å². The van der Waals surface area contributed by atoms with E-state index in [0.717, 1.165) is 0 Å². The van der Waals surface area contributed by atoms with Crippen LogP contribution in [0.5, 0.6) is 5.75 Å². The lowest BCUT2D eigenvalue weighted by atomic mass is 10.0. The molecule has 19 heavy (non-hydrogen) atoms. The van der Waals surface area contributed by atoms with E-state index in [4.69, 9.17) is 15.0 Å². The number of hydrogen-bond donors (Lipinski definition) is 1. The van der Waals surface area contributed by atoms with Gasteiger partial charge in [-0.15, -0.1) is 0 Å². The summed E-state index contributed by atoms with van der Waals surface area (Å²) in [6.07, 6.45) is -2.64. The van der Waals surface area contributed by atoms with Gasteiger partial charge in [-0.3, -0.25) is 0 Å². The lowest BCUT2D eigenvalue weighted by Crippen LogP contribution is -1.99. The van der Waals surface area contributed by atoms with Crippen molar-refractivity contribution in [3.05, 3.63) is 29.2 Å². The Hall–Kier alpha value is -2.02. The molecule has 2 rings (SSSR count). The van der Waals surface area contributed by atoms with Crippen molar-refractivity contribution in [3.8, 4) is 17.1 Å². The van der Waals surface area contributed by atoms with Crippen molar-refractivity contribution in [1.29, 1.82) is 0 Å². The highest BCUT2D eigenvalue weighted by atomic mass is 19.3. The first kappa shape index (κ1) is 13.4. The Balaban J connectivity index is 2.61. The van der Waals surface area contributed by atoms with Crippen molar-refractivity contribution < 1.29 is 18.0 Å². The molecule has 0 radical (unpaired) electrons. The number of aryl methyl sites for hydroxylation is 1. The van der Waals surface area contributed by atoms with Crippen LogP contribution in [0.4, 0.5) is 8.78 Å². The number of benzene rings is 1. The van der Waals surface area contributed by atoms with Crippen LogP contribution in [0, 0.1) is 6.92 Å². The monoisotopic (exact) mass is 269 g/mol. The van der Waals surface area contributed by atoms with Gasteiger partial charge in [-0.25, -0.2) is 8.78 Å². The SMILES string of the molecule is COc1c(-c2noc(CN)n2)cc(C)cc1C(F)F. The second-order valence-corrected chi connectivity index (χ2v) is 3.95. The van der Waals surface area contributed by atoms with Crippen LogP contribution in [-0.4, -0.2) is 17.3 Å². The van der Waals surface area contributed by atoms with Gasteiger partial charge in [0.15, 0.2) is 0 Å². The minimum atomic E-state index is -2.64. The maximum Gasteiger partial charge on any atom is 0.267 e. The highest BCUT2D eigenvalue weighted by molar-refractivity contribution is 5.67. The van der Waals surface area contributed by atoms with E-state index >= 15 is 0 Å². The van der Waals surface area contributed by atoms with E-state index in [-0.39, 0.29) is 29.6 Å². The second kappa shape index (κ2) is 5.31. The van der Waals surface area contributed by atoms with Crippen molar-refractivity contribution in [2.75, 3.05) is 7.11 Å². The van der Waals surface area contributed by atoms with Crippen LogP contribution in [0.1, 0.15) is 23.4 Å². The molecule has 0 saturated heterocycles. The zero-order chi connectivity index (χ0) is 14.0. The van der Waals surface area contributed by atoms with E-state index in [1.165, 1.54) is 13.2 Å². The van der Waals surface area contributed by atoms with Crippen LogP contribution in [0.2, 0.25) is 0 Å². The molecule has 102 valence electrons. The zero-order valence-corrected chi connectivity index (χ0v) is 10.5. The Morgan fingerprint density at radius 2 is 2.16 bits per heavy atom. The van der Waals surface area contributed by atoms with Gasteiger partial charge in [0.2, 0.25) is 11.7 Å². The van der Waals surface area contributed by atoms with Crippen molar-refractivity contribution in [3.63, 3.8) is 0 Å². The third-order valence-electron chi connectivity index (χ3n) is 2.58. The number of rotatable bonds is 4. The molecular formula is C12H13F2N3O2. The maximum atomic E-state index is 13.0. The fourth-order valence-corrected chi connectivity index (χ4v) is 1.80. The summed E-state index contributed by atoms with van der Waals surface area (Å²) >= 11 is 0. The Morgan fingerprint density at radius 3 is 2.68 bits per heavy atom. The van der Waals surface area contributed by atoms with E-state index in [1.54, 1.807) is 13.0 Å². The van der Waals surface area contributed by atoms with Crippen LogP contribution >= 0.6 is 0 Å². The zero-order valence-electron chi connectivity index (χ0n) is 10.5. The van der Waals surface area contributed by atoms with Gasteiger partial charge in [-0.1, -0.05) is 5.16 Å². The molecule has 0 atom stereocenters. The molecule has 5 nitrogen and oxygen atoms in total. The minimum absolute atomic E-state index is 0.0463. The highest BCUT2D eigenvalue weighted by Crippen LogP contribution is 2.37. The van der Waals surface area contributed by atoms with E-state index in [9.17, 15) is 8.78 Å². The molecule has 1 heterocycles. The topological polar surface area (TPSA) is 74.2 Å². The van der Waals surface area contributed by atoms with E-state index < -0.39 is 6.43 Å². The molecule has 0 aliphatic heterocycles. The number of nitrogens with two attached hydrogens (primary N) is 1. The average Bonchev–Trinajstić information content (AvgIpc) is 2.86. The van der Waals surface area contributed by atoms with Gasteiger partial charge in [0.25, 0.3) is 6.43 Å². The van der Waals surface area contributed by atoms with Gasteiger partial charge in [-0.2, -0.15) is 4.98 Å². The van der Waals surface area contributed by atoms with Crippen molar-refractivity contribution in [2.45, 2.75) is 19.9 Å². The van der Waals surface area contributed by atoms with Gasteiger partial charge in [-0.05, 0) is 24.6 Å². The summed E-state index contributed by atoms with van der Waals surface area (Å²) in [6, 6.07) is 3.03. The standard InChI is InChI=1S/C12H13F2N3O2/c1-6-3-7(11(13)14)10(18-2)8(4-6)12-16-9(5-15)19-17-12/h3-4,11H,5,15H2,1-2H3. The maximum absolute atomic E-state index is 13.0. The van der Waals surface area contributed by atoms with Gasteiger partial charge < -0.3 is 15.0 Å². The Kier molecular flexibility index (Phi) is 3.75. The van der Waals surface area contributed by atoms with Gasteiger partial charge in [0.05, 0.1) is 24.8 Å². The lowest BCUT2D eigenvalue weighted by Gasteiger charge is -2.12. The first-order valence-electron chi connectivity index (χ1n) is 5.56. The molecule has 1 aromatic carbocycles. The van der Waals surface area contributed by atoms with Crippen LogP contribution in [0.3, 0.4) is 0 Å². The molecular weight excluding hydrogens is 256 g/mol. The summed E-state index contributed by atoms with van der Waals surface area (Å²) in [4.78, 5) is 4.02. The van der Waals surface area contributed by atoms with Crippen molar-refractivity contribution >= 4 is 0 Å². The molecule has 0 fully saturated rings. The summed E-state index contributed by atoms with van der Waals surface area (Å²) in [6.45, 7) is 1.79. The summed E-state index contributed by atoms with van der Waals surface area (Å²) < 4.78 is 35.9. The molecule has 7 heteroatoms. The smallest absolute Gasteiger partial charge is 0.267 e. The van der Waals surface area contributed by atoms with Crippen molar-refractivity contribution in [1.82, 2.24) is 10.1 Å². The molecule has 0 saturated carbocycles. The number of alkyl halides is 2. The predicted octanol–water partition coefficient (Wildman–Crippen LogP) is 2.45. The number of methoxy groups -OCH3 is 1. The Labute approximate surface area is 108 Å². The normalized spacial score (nSPS) is 11.1. The second-order valence-electron chi connectivity index (χ2n) is 3.95. The minimum Gasteiger partial charge on any atom is -0.495 e. The van der Waals surface area contributed by atoms with Gasteiger partial charge >= 0.3 is 0 Å². The average molecular weight is 269 g/mol. The van der Waals surface area contributed by atoms with Crippen LogP contribution in [0.25, 0.3) is 11.4 Å². The van der Waals surface area contributed by atoms with Gasteiger partial charge in [0.1, 0.15) is 5.75 Å². The van der Waals surface area contributed by atoms with Gasteiger partial charge in [0, 0.05) is 0 Å². The Bertz CT molecular complexity index is 584. The molecule has 2 aromatic rings. The summed E-state index contributed by atoms with van der Waals surface area (Å²) in [7, 11) is 1.32. The summed E-state index contributed by atoms with van der Waals surface area (Å²) in [5.41, 5.74) is 6.19. The van der Waals surface area contributed by atoms with Crippen LogP contribution in [0.15, 0.2) is 16.7 Å². The molecule has 0 spiro atoms. The molecule has 0 aliphatic carbocycles. The van der Waals surface area contributed by atoms with E-state index in [0.29, 0.717) is 11.1 Å². The fraction of sp³-hybridized carbons (Fsp3) is 0.333. The molecule has 1 aromatic heterocycles. The first-order valence-corrected chi connectivity index (χ1v) is 5.56. The quantitative estimate of drug-likeness (QED) is 0.922. The number of nitrogens with zero attached hydrogens (tertiary/aromatic N) is 2. The lowest BCUT2D eigenvalue weighted by molar-refractivity contribution is 0.147. The first-order chi connectivity index (χ1) is 9.06. The molecule has 0 aliphatic rings. The number of ether oxygens (including phenoxy) is 1. The third kappa shape index (κ3) is 2.55. The largest absolute Gasteiger partial charge is 0.495 e. The highest BCUT2D eigenvalue weighted by Gasteiger charge is 2.21. The van der Waals surface area contributed by atoms with E-state index in [1.807, 2.05) is 0 Å². The molecule has 0 unspecified atom stereocenters. The summed E-state index contributed by atoms with van der Waals surface area (Å²) in [5, 5.41) is 3.72. The number of aromatic nitrogens is 2. The molecule has 2 N–H and O–H groups in total. The van der Waals surface area contributed by atoms with Crippen molar-refractivity contribution in [2.24, 2.45) is 5.73 Å². The molecule has 0 amide bonds. The third-order valence-corrected chi connectivity index (χ3v) is 2.58. The predicted molar refractivity (Wildman–Crippen MR) is 63.9 cm³/mol. The van der Waals surface area contributed by atoms with Crippen LogP contribution in [-0.2, 0) is 6.54 Å². The Morgan fingerprint density at radius 1 is 1.42 bits per heavy atom. The number of halogens is 2. The van der Waals surface area contributed by atoms with E-state index in [2.05, 4.69) is 10.1 Å². The number of hydrogen-bond acceptors (Lipinski definition) is 5. The summed E-state index contributed by atoms with van der Waals surface area (Å²) in [5.74, 6) is 0.463. The fourth-order valence-electron chi connectivity index (χ4n) is 1.80.